The van der Waals surface area contributed by atoms with Crippen LogP contribution < -0.4 is 10.2 Å². The molecule has 0 aliphatic carbocycles. The molecule has 0 saturated carbocycles. The van der Waals surface area contributed by atoms with Crippen LogP contribution >= 0.6 is 0 Å². The Labute approximate surface area is 108 Å². The molecule has 1 unspecified atom stereocenters. The number of benzene rings is 1. The number of para-hydroxylation sites is 1. The molecule has 1 N–H and O–H groups in total. The van der Waals surface area contributed by atoms with E-state index in [1.165, 1.54) is 6.07 Å². The average molecular weight is 252 g/mol. The van der Waals surface area contributed by atoms with Gasteiger partial charge in [-0.15, -0.1) is 0 Å². The molecule has 1 aromatic rings. The van der Waals surface area contributed by atoms with Crippen molar-refractivity contribution in [3.05, 3.63) is 29.6 Å². The second-order valence-electron chi connectivity index (χ2n) is 4.72. The predicted molar refractivity (Wildman–Crippen MR) is 71.4 cm³/mol. The number of nitrogens with one attached hydrogen (secondary N) is 1. The van der Waals surface area contributed by atoms with Crippen LogP contribution in [0.1, 0.15) is 18.4 Å². The van der Waals surface area contributed by atoms with E-state index >= 15 is 0 Å². The highest BCUT2D eigenvalue weighted by Crippen LogP contribution is 2.28. The van der Waals surface area contributed by atoms with Crippen molar-refractivity contribution in [3.63, 3.8) is 0 Å². The SMILES string of the molecule is CNCc1cccc(F)c1N1CCCC(OC)C1. The Morgan fingerprint density at radius 1 is 1.50 bits per heavy atom. The van der Waals surface area contributed by atoms with Gasteiger partial charge in [0.1, 0.15) is 5.82 Å². The lowest BCUT2D eigenvalue weighted by Gasteiger charge is -2.35. The Morgan fingerprint density at radius 3 is 3.06 bits per heavy atom. The molecule has 0 bridgehead atoms. The number of hydrogen-bond acceptors (Lipinski definition) is 3. The second-order valence-corrected chi connectivity index (χ2v) is 4.72. The van der Waals surface area contributed by atoms with Crippen LogP contribution in [0.15, 0.2) is 18.2 Å². The van der Waals surface area contributed by atoms with E-state index in [1.807, 2.05) is 13.1 Å². The number of ether oxygens (including phenoxy) is 1. The smallest absolute Gasteiger partial charge is 0.146 e. The Balaban J connectivity index is 2.25. The molecule has 1 aliphatic heterocycles. The van der Waals surface area contributed by atoms with Gasteiger partial charge in [-0.3, -0.25) is 0 Å². The van der Waals surface area contributed by atoms with Crippen LogP contribution in [0.25, 0.3) is 0 Å². The summed E-state index contributed by atoms with van der Waals surface area (Å²) in [5, 5.41) is 3.09. The van der Waals surface area contributed by atoms with Crippen molar-refractivity contribution in [1.29, 1.82) is 0 Å². The van der Waals surface area contributed by atoms with Crippen molar-refractivity contribution < 1.29 is 9.13 Å². The van der Waals surface area contributed by atoms with Crippen molar-refractivity contribution >= 4 is 5.69 Å². The number of rotatable bonds is 4. The van der Waals surface area contributed by atoms with Crippen LogP contribution in [0.2, 0.25) is 0 Å². The van der Waals surface area contributed by atoms with Gasteiger partial charge in [-0.25, -0.2) is 4.39 Å². The van der Waals surface area contributed by atoms with Crippen molar-refractivity contribution in [2.75, 3.05) is 32.1 Å². The van der Waals surface area contributed by atoms with E-state index in [1.54, 1.807) is 13.2 Å². The number of piperidine rings is 1. The van der Waals surface area contributed by atoms with Crippen LogP contribution in [0.3, 0.4) is 0 Å². The summed E-state index contributed by atoms with van der Waals surface area (Å²) < 4.78 is 19.5. The highest BCUT2D eigenvalue weighted by molar-refractivity contribution is 5.55. The molecule has 1 aliphatic rings. The summed E-state index contributed by atoms with van der Waals surface area (Å²) in [5.74, 6) is -0.139. The Kier molecular flexibility index (Phi) is 4.55. The molecule has 18 heavy (non-hydrogen) atoms. The van der Waals surface area contributed by atoms with E-state index in [2.05, 4.69) is 10.2 Å². The first kappa shape index (κ1) is 13.3. The molecule has 0 aromatic heterocycles. The first-order valence-corrected chi connectivity index (χ1v) is 6.46. The van der Waals surface area contributed by atoms with Crippen LogP contribution in [0.5, 0.6) is 0 Å². The van der Waals surface area contributed by atoms with E-state index < -0.39 is 0 Å². The number of nitrogens with zero attached hydrogens (tertiary/aromatic N) is 1. The van der Waals surface area contributed by atoms with Gasteiger partial charge in [0.15, 0.2) is 0 Å². The minimum Gasteiger partial charge on any atom is -0.380 e. The molecule has 1 atom stereocenters. The quantitative estimate of drug-likeness (QED) is 0.888. The van der Waals surface area contributed by atoms with Crippen molar-refractivity contribution in [3.8, 4) is 0 Å². The van der Waals surface area contributed by atoms with E-state index in [-0.39, 0.29) is 11.9 Å². The summed E-state index contributed by atoms with van der Waals surface area (Å²) in [4.78, 5) is 2.11. The highest BCUT2D eigenvalue weighted by atomic mass is 19.1. The Morgan fingerprint density at radius 2 is 2.33 bits per heavy atom. The van der Waals surface area contributed by atoms with Crippen LogP contribution in [0.4, 0.5) is 10.1 Å². The Hall–Kier alpha value is -1.13. The minimum atomic E-state index is -0.139. The van der Waals surface area contributed by atoms with E-state index in [0.29, 0.717) is 6.54 Å². The molecule has 0 amide bonds. The molecular formula is C14H21FN2O. The average Bonchev–Trinajstić information content (AvgIpc) is 2.39. The summed E-state index contributed by atoms with van der Waals surface area (Å²) in [6.45, 7) is 2.35. The first-order chi connectivity index (χ1) is 8.76. The third kappa shape index (κ3) is 2.82. The molecule has 1 fully saturated rings. The summed E-state index contributed by atoms with van der Waals surface area (Å²) >= 11 is 0. The largest absolute Gasteiger partial charge is 0.380 e. The fourth-order valence-electron chi connectivity index (χ4n) is 2.58. The van der Waals surface area contributed by atoms with Gasteiger partial charge >= 0.3 is 0 Å². The molecule has 3 nitrogen and oxygen atoms in total. The summed E-state index contributed by atoms with van der Waals surface area (Å²) in [5.41, 5.74) is 1.74. The molecule has 1 saturated heterocycles. The summed E-state index contributed by atoms with van der Waals surface area (Å²) in [7, 11) is 3.60. The summed E-state index contributed by atoms with van der Waals surface area (Å²) in [6.07, 6.45) is 2.31. The van der Waals surface area contributed by atoms with E-state index in [4.69, 9.17) is 4.74 Å². The zero-order chi connectivity index (χ0) is 13.0. The van der Waals surface area contributed by atoms with Crippen molar-refractivity contribution in [2.45, 2.75) is 25.5 Å². The molecule has 1 heterocycles. The normalized spacial score (nSPS) is 20.2. The van der Waals surface area contributed by atoms with Gasteiger partial charge in [-0.05, 0) is 31.5 Å². The molecule has 1 aromatic carbocycles. The second kappa shape index (κ2) is 6.16. The minimum absolute atomic E-state index is 0.139. The number of methoxy groups -OCH3 is 1. The van der Waals surface area contributed by atoms with Gasteiger partial charge in [0, 0.05) is 26.7 Å². The maximum atomic E-state index is 14.1. The zero-order valence-electron chi connectivity index (χ0n) is 11.1. The maximum Gasteiger partial charge on any atom is 0.146 e. The topological polar surface area (TPSA) is 24.5 Å². The fraction of sp³-hybridized carbons (Fsp3) is 0.571. The van der Waals surface area contributed by atoms with Crippen LogP contribution in [0, 0.1) is 5.82 Å². The van der Waals surface area contributed by atoms with Gasteiger partial charge in [-0.2, -0.15) is 0 Å². The standard InChI is InChI=1S/C14H21FN2O/c1-16-9-11-5-3-7-13(15)14(11)17-8-4-6-12(10-17)18-2/h3,5,7,12,16H,4,6,8-10H2,1-2H3. The lowest BCUT2D eigenvalue weighted by atomic mass is 10.0. The van der Waals surface area contributed by atoms with Crippen molar-refractivity contribution in [1.82, 2.24) is 5.32 Å². The molecule has 0 radical (unpaired) electrons. The van der Waals surface area contributed by atoms with Gasteiger partial charge < -0.3 is 15.0 Å². The lowest BCUT2D eigenvalue weighted by molar-refractivity contribution is 0.0891. The molecule has 100 valence electrons. The van der Waals surface area contributed by atoms with Crippen LogP contribution in [-0.4, -0.2) is 33.4 Å². The number of hydrogen-bond donors (Lipinski definition) is 1. The predicted octanol–water partition coefficient (Wildman–Crippen LogP) is 2.16. The Bertz CT molecular complexity index is 397. The zero-order valence-corrected chi connectivity index (χ0v) is 11.1. The third-order valence-electron chi connectivity index (χ3n) is 3.47. The highest BCUT2D eigenvalue weighted by Gasteiger charge is 2.23. The first-order valence-electron chi connectivity index (χ1n) is 6.46. The number of anilines is 1. The lowest BCUT2D eigenvalue weighted by Crippen LogP contribution is -2.40. The number of halogens is 1. The molecular weight excluding hydrogens is 231 g/mol. The fourth-order valence-corrected chi connectivity index (χ4v) is 2.58. The van der Waals surface area contributed by atoms with Crippen LogP contribution in [-0.2, 0) is 11.3 Å². The summed E-state index contributed by atoms with van der Waals surface area (Å²) in [6, 6.07) is 5.28. The van der Waals surface area contributed by atoms with Gasteiger partial charge in [0.25, 0.3) is 0 Å². The van der Waals surface area contributed by atoms with Gasteiger partial charge in [0.2, 0.25) is 0 Å². The molecule has 2 rings (SSSR count). The van der Waals surface area contributed by atoms with Gasteiger partial charge in [0.05, 0.1) is 11.8 Å². The van der Waals surface area contributed by atoms with Crippen molar-refractivity contribution in [2.24, 2.45) is 0 Å². The third-order valence-corrected chi connectivity index (χ3v) is 3.47. The maximum absolute atomic E-state index is 14.1. The van der Waals surface area contributed by atoms with Gasteiger partial charge in [-0.1, -0.05) is 12.1 Å². The van der Waals surface area contributed by atoms with E-state index in [9.17, 15) is 4.39 Å². The molecule has 0 spiro atoms. The molecule has 4 heteroatoms. The monoisotopic (exact) mass is 252 g/mol. The van der Waals surface area contributed by atoms with E-state index in [0.717, 1.165) is 37.2 Å².